The molecule has 0 bridgehead atoms. The maximum absolute atomic E-state index is 11.0. The minimum atomic E-state index is -0.808. The number of aliphatic hydroxyl groups is 1. The molecule has 5 heteroatoms. The fraction of sp³-hybridized carbons (Fsp3) is 0.364. The second-order valence-electron chi connectivity index (χ2n) is 4.49. The molecule has 1 unspecified atom stereocenters. The molecule has 86 valence electrons. The molecule has 0 fully saturated rings. The van der Waals surface area contributed by atoms with Crippen molar-refractivity contribution in [1.29, 1.82) is 0 Å². The lowest BCUT2D eigenvalue weighted by Gasteiger charge is -2.25. The molecule has 0 spiro atoms. The van der Waals surface area contributed by atoms with Gasteiger partial charge in [-0.3, -0.25) is 4.98 Å². The number of H-pyrrole nitrogens is 1. The minimum absolute atomic E-state index is 0.422. The summed E-state index contributed by atoms with van der Waals surface area (Å²) in [5.41, 5.74) is 6.72. The van der Waals surface area contributed by atoms with E-state index in [1.807, 2.05) is 0 Å². The minimum Gasteiger partial charge on any atom is -0.408 e. The average Bonchev–Trinajstić information content (AvgIpc) is 2.54. The van der Waals surface area contributed by atoms with Crippen molar-refractivity contribution < 1.29 is 9.52 Å². The van der Waals surface area contributed by atoms with Gasteiger partial charge < -0.3 is 15.3 Å². The zero-order valence-electron chi connectivity index (χ0n) is 9.15. The predicted molar refractivity (Wildman–Crippen MR) is 60.1 cm³/mol. The summed E-state index contributed by atoms with van der Waals surface area (Å²) in [5.74, 6) is -0.506. The van der Waals surface area contributed by atoms with E-state index in [1.54, 1.807) is 32.0 Å². The summed E-state index contributed by atoms with van der Waals surface area (Å²) >= 11 is 0. The summed E-state index contributed by atoms with van der Waals surface area (Å²) in [6.07, 6.45) is -0.808. The van der Waals surface area contributed by atoms with E-state index in [0.717, 1.165) is 0 Å². The Morgan fingerprint density at radius 3 is 2.81 bits per heavy atom. The van der Waals surface area contributed by atoms with E-state index in [0.29, 0.717) is 16.7 Å². The van der Waals surface area contributed by atoms with Gasteiger partial charge in [0.2, 0.25) is 0 Å². The molecule has 2 rings (SSSR count). The van der Waals surface area contributed by atoms with E-state index in [-0.39, 0.29) is 0 Å². The van der Waals surface area contributed by atoms with Gasteiger partial charge in [-0.15, -0.1) is 0 Å². The lowest BCUT2D eigenvalue weighted by molar-refractivity contribution is 0.105. The Labute approximate surface area is 91.9 Å². The molecule has 16 heavy (non-hydrogen) atoms. The number of oxazole rings is 1. The smallest absolute Gasteiger partial charge is 0.408 e. The number of hydrogen-bond acceptors (Lipinski definition) is 4. The van der Waals surface area contributed by atoms with Crippen LogP contribution >= 0.6 is 0 Å². The van der Waals surface area contributed by atoms with Crippen molar-refractivity contribution in [3.05, 3.63) is 34.3 Å². The molecule has 0 aliphatic heterocycles. The lowest BCUT2D eigenvalue weighted by Crippen LogP contribution is -2.39. The van der Waals surface area contributed by atoms with Crippen molar-refractivity contribution in [2.24, 2.45) is 5.73 Å². The van der Waals surface area contributed by atoms with Gasteiger partial charge in [-0.05, 0) is 31.5 Å². The molecule has 0 radical (unpaired) electrons. The summed E-state index contributed by atoms with van der Waals surface area (Å²) in [6.45, 7) is 3.46. The van der Waals surface area contributed by atoms with Gasteiger partial charge in [-0.1, -0.05) is 6.07 Å². The molecule has 1 aromatic carbocycles. The summed E-state index contributed by atoms with van der Waals surface area (Å²) in [4.78, 5) is 13.5. The summed E-state index contributed by atoms with van der Waals surface area (Å²) in [6, 6.07) is 5.02. The maximum atomic E-state index is 11.0. The van der Waals surface area contributed by atoms with Crippen LogP contribution in [0.3, 0.4) is 0 Å². The van der Waals surface area contributed by atoms with Gasteiger partial charge >= 0.3 is 5.76 Å². The van der Waals surface area contributed by atoms with Crippen LogP contribution in [0.25, 0.3) is 11.1 Å². The Morgan fingerprint density at radius 1 is 1.50 bits per heavy atom. The van der Waals surface area contributed by atoms with Gasteiger partial charge in [0.05, 0.1) is 11.6 Å². The van der Waals surface area contributed by atoms with E-state index in [2.05, 4.69) is 4.98 Å². The lowest BCUT2D eigenvalue weighted by atomic mass is 9.92. The number of nitrogens with one attached hydrogen (secondary N) is 1. The number of aliphatic hydroxyl groups excluding tert-OH is 1. The summed E-state index contributed by atoms with van der Waals surface area (Å²) in [7, 11) is 0. The number of fused-ring (bicyclic) bond motifs is 1. The first-order valence-electron chi connectivity index (χ1n) is 4.97. The Morgan fingerprint density at radius 2 is 2.19 bits per heavy atom. The van der Waals surface area contributed by atoms with Crippen molar-refractivity contribution in [3.8, 4) is 0 Å². The van der Waals surface area contributed by atoms with E-state index in [4.69, 9.17) is 10.2 Å². The van der Waals surface area contributed by atoms with Crippen LogP contribution in [0.2, 0.25) is 0 Å². The van der Waals surface area contributed by atoms with Crippen LogP contribution in [0, 0.1) is 0 Å². The van der Waals surface area contributed by atoms with Crippen molar-refractivity contribution in [2.45, 2.75) is 25.5 Å². The Balaban J connectivity index is 2.50. The van der Waals surface area contributed by atoms with E-state index in [1.165, 1.54) is 0 Å². The molecule has 1 aromatic heterocycles. The third kappa shape index (κ3) is 1.87. The molecular formula is C11H14N2O3. The van der Waals surface area contributed by atoms with E-state index in [9.17, 15) is 9.90 Å². The first kappa shape index (κ1) is 10.9. The van der Waals surface area contributed by atoms with E-state index >= 15 is 0 Å². The van der Waals surface area contributed by atoms with Crippen LogP contribution < -0.4 is 11.5 Å². The Kier molecular flexibility index (Phi) is 2.36. The number of benzene rings is 1. The molecule has 5 nitrogen and oxygen atoms in total. The van der Waals surface area contributed by atoms with Gasteiger partial charge in [-0.2, -0.15) is 0 Å². The van der Waals surface area contributed by atoms with Gasteiger partial charge in [0.25, 0.3) is 0 Å². The van der Waals surface area contributed by atoms with Crippen LogP contribution in [0.15, 0.2) is 27.4 Å². The SMILES string of the molecule is CC(C)(N)C(O)c1ccc2[nH]c(=O)oc2c1. The summed E-state index contributed by atoms with van der Waals surface area (Å²) < 4.78 is 4.91. The van der Waals surface area contributed by atoms with Crippen molar-refractivity contribution in [3.63, 3.8) is 0 Å². The zero-order valence-corrected chi connectivity index (χ0v) is 9.15. The van der Waals surface area contributed by atoms with Gasteiger partial charge in [-0.25, -0.2) is 4.79 Å². The zero-order chi connectivity index (χ0) is 11.9. The normalized spacial score (nSPS) is 14.2. The second kappa shape index (κ2) is 3.47. The third-order valence-corrected chi connectivity index (χ3v) is 2.47. The van der Waals surface area contributed by atoms with Crippen LogP contribution in [0.5, 0.6) is 0 Å². The Hall–Kier alpha value is -1.59. The quantitative estimate of drug-likeness (QED) is 0.703. The predicted octanol–water partition coefficient (Wildman–Crippen LogP) is 0.892. The number of nitrogens with two attached hydrogens (primary N) is 1. The monoisotopic (exact) mass is 222 g/mol. The molecule has 0 saturated heterocycles. The third-order valence-electron chi connectivity index (χ3n) is 2.47. The van der Waals surface area contributed by atoms with Crippen molar-refractivity contribution in [2.75, 3.05) is 0 Å². The van der Waals surface area contributed by atoms with Crippen LogP contribution in [-0.2, 0) is 0 Å². The average molecular weight is 222 g/mol. The highest BCUT2D eigenvalue weighted by Gasteiger charge is 2.24. The molecule has 0 aliphatic carbocycles. The molecule has 0 aliphatic rings. The molecule has 1 atom stereocenters. The molecule has 0 saturated carbocycles. The van der Waals surface area contributed by atoms with Crippen LogP contribution in [0.4, 0.5) is 0 Å². The van der Waals surface area contributed by atoms with Crippen LogP contribution in [-0.4, -0.2) is 15.6 Å². The largest absolute Gasteiger partial charge is 0.417 e. The standard InChI is InChI=1S/C11H14N2O3/c1-11(2,12)9(14)6-3-4-7-8(5-6)16-10(15)13-7/h3-5,9,14H,12H2,1-2H3,(H,13,15). The Bertz CT molecular complexity index is 562. The maximum Gasteiger partial charge on any atom is 0.417 e. The molecule has 4 N–H and O–H groups in total. The van der Waals surface area contributed by atoms with Gasteiger partial charge in [0, 0.05) is 5.54 Å². The van der Waals surface area contributed by atoms with Crippen molar-refractivity contribution in [1.82, 2.24) is 4.98 Å². The molecule has 1 heterocycles. The highest BCUT2D eigenvalue weighted by Crippen LogP contribution is 2.25. The first-order valence-corrected chi connectivity index (χ1v) is 4.97. The van der Waals surface area contributed by atoms with Crippen molar-refractivity contribution >= 4 is 11.1 Å². The van der Waals surface area contributed by atoms with Gasteiger partial charge in [0.1, 0.15) is 0 Å². The number of aromatic nitrogens is 1. The topological polar surface area (TPSA) is 92.2 Å². The molecule has 2 aromatic rings. The molecular weight excluding hydrogens is 208 g/mol. The summed E-state index contributed by atoms with van der Waals surface area (Å²) in [5, 5.41) is 9.97. The highest BCUT2D eigenvalue weighted by molar-refractivity contribution is 5.72. The van der Waals surface area contributed by atoms with Gasteiger partial charge in [0.15, 0.2) is 5.58 Å². The fourth-order valence-electron chi connectivity index (χ4n) is 1.56. The van der Waals surface area contributed by atoms with Crippen LogP contribution in [0.1, 0.15) is 25.5 Å². The molecule has 0 amide bonds. The number of aromatic amines is 1. The number of hydrogen-bond donors (Lipinski definition) is 3. The van der Waals surface area contributed by atoms with E-state index < -0.39 is 17.4 Å². The fourth-order valence-corrected chi connectivity index (χ4v) is 1.56. The first-order chi connectivity index (χ1) is 7.38. The number of rotatable bonds is 2. The highest BCUT2D eigenvalue weighted by atomic mass is 16.4. The second-order valence-corrected chi connectivity index (χ2v) is 4.49.